The Morgan fingerprint density at radius 2 is 2.14 bits per heavy atom. The zero-order chi connectivity index (χ0) is 15.8. The normalized spacial score (nSPS) is 14.5. The van der Waals surface area contributed by atoms with Gasteiger partial charge in [-0.2, -0.15) is 0 Å². The van der Waals surface area contributed by atoms with Gasteiger partial charge in [0.2, 0.25) is 0 Å². The molecule has 0 aromatic carbocycles. The number of rotatable bonds is 6. The number of amides is 1. The number of ether oxygens (including phenoxy) is 2. The van der Waals surface area contributed by atoms with Crippen molar-refractivity contribution in [1.82, 2.24) is 10.3 Å². The molecule has 2 heterocycles. The van der Waals surface area contributed by atoms with Crippen molar-refractivity contribution in [3.63, 3.8) is 0 Å². The van der Waals surface area contributed by atoms with Crippen molar-refractivity contribution in [2.75, 3.05) is 44.9 Å². The van der Waals surface area contributed by atoms with E-state index in [0.29, 0.717) is 38.2 Å². The van der Waals surface area contributed by atoms with Gasteiger partial charge < -0.3 is 19.7 Å². The van der Waals surface area contributed by atoms with Crippen LogP contribution in [-0.2, 0) is 14.3 Å². The van der Waals surface area contributed by atoms with Crippen LogP contribution < -0.4 is 10.2 Å². The number of pyridine rings is 1. The number of nitrogens with zero attached hydrogens (tertiary/aromatic N) is 2. The van der Waals surface area contributed by atoms with E-state index in [0.717, 1.165) is 18.9 Å². The summed E-state index contributed by atoms with van der Waals surface area (Å²) in [5.41, 5.74) is 0.509. The van der Waals surface area contributed by atoms with Gasteiger partial charge in [0.1, 0.15) is 5.82 Å². The van der Waals surface area contributed by atoms with Crippen LogP contribution in [-0.4, -0.2) is 56.8 Å². The van der Waals surface area contributed by atoms with E-state index in [9.17, 15) is 9.59 Å². The van der Waals surface area contributed by atoms with Crippen molar-refractivity contribution < 1.29 is 19.1 Å². The fourth-order valence-corrected chi connectivity index (χ4v) is 2.14. The van der Waals surface area contributed by atoms with E-state index >= 15 is 0 Å². The Bertz CT molecular complexity index is 498. The predicted molar refractivity (Wildman–Crippen MR) is 80.9 cm³/mol. The second-order valence-electron chi connectivity index (χ2n) is 4.94. The summed E-state index contributed by atoms with van der Waals surface area (Å²) in [4.78, 5) is 29.4. The van der Waals surface area contributed by atoms with Crippen LogP contribution in [0.15, 0.2) is 18.3 Å². The lowest BCUT2D eigenvalue weighted by atomic mass is 10.2. The van der Waals surface area contributed by atoms with Gasteiger partial charge in [0.15, 0.2) is 0 Å². The quantitative estimate of drug-likeness (QED) is 0.612. The maximum absolute atomic E-state index is 11.9. The summed E-state index contributed by atoms with van der Waals surface area (Å²) in [6, 6.07) is 3.60. The van der Waals surface area contributed by atoms with Crippen LogP contribution in [0.2, 0.25) is 0 Å². The average Bonchev–Trinajstić information content (AvgIpc) is 2.59. The number of anilines is 1. The van der Waals surface area contributed by atoms with Crippen LogP contribution in [0.5, 0.6) is 0 Å². The smallest absolute Gasteiger partial charge is 0.305 e. The lowest BCUT2D eigenvalue weighted by Crippen LogP contribution is -2.36. The molecule has 0 spiro atoms. The molecule has 22 heavy (non-hydrogen) atoms. The highest BCUT2D eigenvalue weighted by Crippen LogP contribution is 2.13. The summed E-state index contributed by atoms with van der Waals surface area (Å²) in [6.45, 7) is 3.45. The van der Waals surface area contributed by atoms with Gasteiger partial charge >= 0.3 is 5.97 Å². The molecule has 7 heteroatoms. The predicted octanol–water partition coefficient (Wildman–Crippen LogP) is 0.601. The molecule has 0 unspecified atom stereocenters. The number of methoxy groups -OCH3 is 1. The van der Waals surface area contributed by atoms with Crippen LogP contribution >= 0.6 is 0 Å². The van der Waals surface area contributed by atoms with E-state index < -0.39 is 0 Å². The van der Waals surface area contributed by atoms with Gasteiger partial charge in [0, 0.05) is 32.3 Å². The fourth-order valence-electron chi connectivity index (χ4n) is 2.14. The first kappa shape index (κ1) is 16.2. The van der Waals surface area contributed by atoms with E-state index in [2.05, 4.69) is 19.9 Å². The van der Waals surface area contributed by atoms with Gasteiger partial charge in [-0.25, -0.2) is 4.98 Å². The first-order valence-corrected chi connectivity index (χ1v) is 7.34. The third-order valence-corrected chi connectivity index (χ3v) is 3.42. The Kier molecular flexibility index (Phi) is 6.14. The summed E-state index contributed by atoms with van der Waals surface area (Å²) in [6.07, 6.45) is 2.42. The molecular formula is C15H21N3O4. The monoisotopic (exact) mass is 307 g/mol. The summed E-state index contributed by atoms with van der Waals surface area (Å²) in [5.74, 6) is 0.391. The van der Waals surface area contributed by atoms with Crippen molar-refractivity contribution in [2.45, 2.75) is 12.8 Å². The zero-order valence-corrected chi connectivity index (χ0v) is 12.7. The lowest BCUT2D eigenvalue weighted by molar-refractivity contribution is -0.140. The van der Waals surface area contributed by atoms with Crippen molar-refractivity contribution >= 4 is 17.7 Å². The van der Waals surface area contributed by atoms with Crippen molar-refractivity contribution in [2.24, 2.45) is 0 Å². The van der Waals surface area contributed by atoms with Crippen LogP contribution in [0.3, 0.4) is 0 Å². The topological polar surface area (TPSA) is 80.8 Å². The van der Waals surface area contributed by atoms with Crippen molar-refractivity contribution in [1.29, 1.82) is 0 Å². The first-order chi connectivity index (χ1) is 10.7. The molecule has 1 aliphatic heterocycles. The van der Waals surface area contributed by atoms with Crippen LogP contribution in [0.25, 0.3) is 0 Å². The highest BCUT2D eigenvalue weighted by molar-refractivity contribution is 5.94. The highest BCUT2D eigenvalue weighted by Gasteiger charge is 2.13. The van der Waals surface area contributed by atoms with Gasteiger partial charge in [-0.3, -0.25) is 9.59 Å². The summed E-state index contributed by atoms with van der Waals surface area (Å²) < 4.78 is 9.83. The molecule has 2 rings (SSSR count). The fraction of sp³-hybridized carbons (Fsp3) is 0.533. The molecule has 0 saturated carbocycles. The minimum atomic E-state index is -0.272. The maximum Gasteiger partial charge on any atom is 0.305 e. The van der Waals surface area contributed by atoms with Crippen LogP contribution in [0, 0.1) is 0 Å². The lowest BCUT2D eigenvalue weighted by Gasteiger charge is -2.27. The molecule has 0 aliphatic carbocycles. The molecule has 0 bridgehead atoms. The van der Waals surface area contributed by atoms with E-state index in [-0.39, 0.29) is 11.9 Å². The molecule has 1 amide bonds. The van der Waals surface area contributed by atoms with E-state index in [4.69, 9.17) is 4.74 Å². The van der Waals surface area contributed by atoms with Gasteiger partial charge in [-0.15, -0.1) is 0 Å². The number of carbonyl (C=O) groups excluding carboxylic acids is 2. The van der Waals surface area contributed by atoms with Crippen LogP contribution in [0.4, 0.5) is 5.82 Å². The molecular weight excluding hydrogens is 286 g/mol. The maximum atomic E-state index is 11.9. The molecule has 0 radical (unpaired) electrons. The van der Waals surface area contributed by atoms with E-state index in [1.165, 1.54) is 7.11 Å². The Morgan fingerprint density at radius 3 is 2.77 bits per heavy atom. The summed E-state index contributed by atoms with van der Waals surface area (Å²) in [5, 5.41) is 2.76. The Hall–Kier alpha value is -2.15. The van der Waals surface area contributed by atoms with E-state index in [1.807, 2.05) is 6.07 Å². The number of morpholine rings is 1. The van der Waals surface area contributed by atoms with Crippen molar-refractivity contribution in [3.05, 3.63) is 23.9 Å². The first-order valence-electron chi connectivity index (χ1n) is 7.34. The van der Waals surface area contributed by atoms with E-state index in [1.54, 1.807) is 12.3 Å². The Balaban J connectivity index is 1.79. The standard InChI is InChI=1S/C15H21N3O4/c1-21-14(19)3-2-6-16-15(20)12-4-5-13(17-11-12)18-7-9-22-10-8-18/h4-5,11H,2-3,6-10H2,1H3,(H,16,20). The Morgan fingerprint density at radius 1 is 1.36 bits per heavy atom. The molecule has 0 atom stereocenters. The zero-order valence-electron chi connectivity index (χ0n) is 12.7. The molecule has 1 N–H and O–H groups in total. The molecule has 7 nitrogen and oxygen atoms in total. The minimum Gasteiger partial charge on any atom is -0.469 e. The molecule has 1 aromatic rings. The summed E-state index contributed by atoms with van der Waals surface area (Å²) in [7, 11) is 1.35. The number of hydrogen-bond acceptors (Lipinski definition) is 6. The van der Waals surface area contributed by atoms with Gasteiger partial charge in [0.25, 0.3) is 5.91 Å². The SMILES string of the molecule is COC(=O)CCCNC(=O)c1ccc(N2CCOCC2)nc1. The third-order valence-electron chi connectivity index (χ3n) is 3.42. The Labute approximate surface area is 129 Å². The average molecular weight is 307 g/mol. The number of nitrogens with one attached hydrogen (secondary N) is 1. The number of hydrogen-bond donors (Lipinski definition) is 1. The highest BCUT2D eigenvalue weighted by atomic mass is 16.5. The number of esters is 1. The van der Waals surface area contributed by atoms with Gasteiger partial charge in [-0.05, 0) is 18.6 Å². The second-order valence-corrected chi connectivity index (χ2v) is 4.94. The molecule has 1 fully saturated rings. The van der Waals surface area contributed by atoms with Gasteiger partial charge in [-0.1, -0.05) is 0 Å². The third kappa shape index (κ3) is 4.70. The molecule has 120 valence electrons. The van der Waals surface area contributed by atoms with Crippen LogP contribution in [0.1, 0.15) is 23.2 Å². The molecule has 1 aromatic heterocycles. The second kappa shape index (κ2) is 8.33. The minimum absolute atomic E-state index is 0.189. The molecule has 1 aliphatic rings. The summed E-state index contributed by atoms with van der Waals surface area (Å²) >= 11 is 0. The number of aromatic nitrogens is 1. The van der Waals surface area contributed by atoms with Crippen molar-refractivity contribution in [3.8, 4) is 0 Å². The van der Waals surface area contributed by atoms with Gasteiger partial charge in [0.05, 0.1) is 25.9 Å². The number of carbonyl (C=O) groups is 2. The molecule has 1 saturated heterocycles. The largest absolute Gasteiger partial charge is 0.469 e.